The number of carbonyl (C=O) groups excluding carboxylic acids is 1. The van der Waals surface area contributed by atoms with Crippen LogP contribution in [0.25, 0.3) is 0 Å². The van der Waals surface area contributed by atoms with Crippen LogP contribution in [0.3, 0.4) is 0 Å². The molecule has 7 heteroatoms. The monoisotopic (exact) mass is 300 g/mol. The lowest BCUT2D eigenvalue weighted by Crippen LogP contribution is -2.16. The minimum absolute atomic E-state index is 0.00254. The van der Waals surface area contributed by atoms with Crippen molar-refractivity contribution in [3.63, 3.8) is 0 Å². The Morgan fingerprint density at radius 1 is 1.19 bits per heavy atom. The van der Waals surface area contributed by atoms with Crippen LogP contribution in [0.2, 0.25) is 0 Å². The Hall–Kier alpha value is -1.70. The van der Waals surface area contributed by atoms with Crippen molar-refractivity contribution in [1.82, 2.24) is 0 Å². The maximum atomic E-state index is 13.0. The van der Waals surface area contributed by atoms with E-state index >= 15 is 0 Å². The van der Waals surface area contributed by atoms with Gasteiger partial charge in [0.15, 0.2) is 0 Å². The molecule has 21 heavy (non-hydrogen) atoms. The Labute approximate surface area is 123 Å². The van der Waals surface area contributed by atoms with Crippen LogP contribution in [0.5, 0.6) is 0 Å². The molecular weight excluding hydrogens is 279 g/mol. The summed E-state index contributed by atoms with van der Waals surface area (Å²) in [6, 6.07) is 4.03. The molecule has 0 aromatic heterocycles. The van der Waals surface area contributed by atoms with Crippen molar-refractivity contribution >= 4 is 17.3 Å². The first-order valence-electron chi connectivity index (χ1n) is 6.62. The highest BCUT2D eigenvalue weighted by Gasteiger charge is 2.04. The van der Waals surface area contributed by atoms with E-state index in [0.717, 1.165) is 0 Å². The van der Waals surface area contributed by atoms with Gasteiger partial charge in [-0.25, -0.2) is 4.39 Å². The zero-order valence-electron chi connectivity index (χ0n) is 12.1. The molecule has 0 aliphatic carbocycles. The van der Waals surface area contributed by atoms with E-state index in [4.69, 9.17) is 19.9 Å². The van der Waals surface area contributed by atoms with Crippen LogP contribution >= 0.6 is 0 Å². The van der Waals surface area contributed by atoms with Gasteiger partial charge in [-0.3, -0.25) is 4.79 Å². The Morgan fingerprint density at radius 2 is 1.86 bits per heavy atom. The number of nitrogens with two attached hydrogens (primary N) is 1. The van der Waals surface area contributed by atoms with E-state index in [0.29, 0.717) is 32.1 Å². The Balaban J connectivity index is 2.10. The predicted molar refractivity (Wildman–Crippen MR) is 77.6 cm³/mol. The van der Waals surface area contributed by atoms with Crippen LogP contribution in [-0.4, -0.2) is 46.1 Å². The summed E-state index contributed by atoms with van der Waals surface area (Å²) in [6.07, 6.45) is 0.204. The quantitative estimate of drug-likeness (QED) is 0.504. The van der Waals surface area contributed by atoms with Gasteiger partial charge in [0.1, 0.15) is 5.82 Å². The minimum atomic E-state index is -0.509. The second-order valence-corrected chi connectivity index (χ2v) is 4.25. The number of halogens is 1. The van der Waals surface area contributed by atoms with Crippen molar-refractivity contribution in [2.24, 2.45) is 0 Å². The molecule has 1 aromatic carbocycles. The Bertz CT molecular complexity index is 443. The van der Waals surface area contributed by atoms with Gasteiger partial charge in [0.25, 0.3) is 0 Å². The summed E-state index contributed by atoms with van der Waals surface area (Å²) in [5.41, 5.74) is 5.87. The third-order valence-electron chi connectivity index (χ3n) is 2.56. The number of anilines is 2. The van der Waals surface area contributed by atoms with E-state index in [-0.39, 0.29) is 24.6 Å². The summed E-state index contributed by atoms with van der Waals surface area (Å²) in [6.45, 7) is 2.23. The van der Waals surface area contributed by atoms with Gasteiger partial charge < -0.3 is 25.3 Å². The number of ether oxygens (including phenoxy) is 3. The number of benzene rings is 1. The second-order valence-electron chi connectivity index (χ2n) is 4.25. The zero-order chi connectivity index (χ0) is 15.5. The van der Waals surface area contributed by atoms with Crippen molar-refractivity contribution in [2.75, 3.05) is 51.2 Å². The molecular formula is C14H21FN2O4. The number of nitrogen functional groups attached to an aromatic ring is 1. The SMILES string of the molecule is COCCOCCOCCC(=O)Nc1ccc(F)c(N)c1. The lowest BCUT2D eigenvalue weighted by molar-refractivity contribution is -0.117. The van der Waals surface area contributed by atoms with Crippen molar-refractivity contribution in [3.05, 3.63) is 24.0 Å². The van der Waals surface area contributed by atoms with Gasteiger partial charge in [0.2, 0.25) is 5.91 Å². The van der Waals surface area contributed by atoms with E-state index in [1.165, 1.54) is 18.2 Å². The van der Waals surface area contributed by atoms with Crippen LogP contribution in [0, 0.1) is 5.82 Å². The van der Waals surface area contributed by atoms with Gasteiger partial charge in [-0.1, -0.05) is 0 Å². The van der Waals surface area contributed by atoms with Crippen LogP contribution in [0.1, 0.15) is 6.42 Å². The topological polar surface area (TPSA) is 82.8 Å². The molecule has 0 spiro atoms. The van der Waals surface area contributed by atoms with E-state index < -0.39 is 5.82 Å². The highest BCUT2D eigenvalue weighted by Crippen LogP contribution is 2.16. The third kappa shape index (κ3) is 7.60. The van der Waals surface area contributed by atoms with E-state index in [2.05, 4.69) is 5.32 Å². The van der Waals surface area contributed by atoms with Gasteiger partial charge >= 0.3 is 0 Å². The average Bonchev–Trinajstić information content (AvgIpc) is 2.46. The van der Waals surface area contributed by atoms with Crippen molar-refractivity contribution in [2.45, 2.75) is 6.42 Å². The molecule has 0 saturated heterocycles. The molecule has 0 aliphatic rings. The number of hydrogen-bond donors (Lipinski definition) is 2. The van der Waals surface area contributed by atoms with E-state index in [1.54, 1.807) is 7.11 Å². The predicted octanol–water partition coefficient (Wildman–Crippen LogP) is 1.42. The number of methoxy groups -OCH3 is 1. The standard InChI is InChI=1S/C14H21FN2O4/c1-19-6-7-21-9-8-20-5-4-14(18)17-11-2-3-12(15)13(16)10-11/h2-3,10H,4-9,16H2,1H3,(H,17,18). The van der Waals surface area contributed by atoms with Gasteiger partial charge in [-0.05, 0) is 18.2 Å². The van der Waals surface area contributed by atoms with Gasteiger partial charge in [0.05, 0.1) is 45.1 Å². The fourth-order valence-corrected chi connectivity index (χ4v) is 1.47. The third-order valence-corrected chi connectivity index (χ3v) is 2.56. The van der Waals surface area contributed by atoms with Crippen molar-refractivity contribution < 1.29 is 23.4 Å². The Kier molecular flexibility index (Phi) is 8.34. The summed E-state index contributed by atoms with van der Waals surface area (Å²) in [5.74, 6) is -0.730. The molecule has 3 N–H and O–H groups in total. The summed E-state index contributed by atoms with van der Waals surface area (Å²) < 4.78 is 28.2. The lowest BCUT2D eigenvalue weighted by atomic mass is 10.2. The molecule has 6 nitrogen and oxygen atoms in total. The van der Waals surface area contributed by atoms with Crippen LogP contribution in [-0.2, 0) is 19.0 Å². The molecule has 0 saturated carbocycles. The second kappa shape index (κ2) is 10.1. The molecule has 1 rings (SSSR count). The van der Waals surface area contributed by atoms with Crippen LogP contribution in [0.15, 0.2) is 18.2 Å². The highest BCUT2D eigenvalue weighted by molar-refractivity contribution is 5.91. The van der Waals surface area contributed by atoms with Gasteiger partial charge in [-0.15, -0.1) is 0 Å². The molecule has 0 heterocycles. The Morgan fingerprint density at radius 3 is 2.52 bits per heavy atom. The fraction of sp³-hybridized carbons (Fsp3) is 0.500. The maximum absolute atomic E-state index is 13.0. The van der Waals surface area contributed by atoms with Crippen molar-refractivity contribution in [3.8, 4) is 0 Å². The smallest absolute Gasteiger partial charge is 0.226 e. The van der Waals surface area contributed by atoms with Gasteiger partial charge in [-0.2, -0.15) is 0 Å². The molecule has 0 fully saturated rings. The summed E-state index contributed by atoms with van der Waals surface area (Å²) in [7, 11) is 1.60. The molecule has 118 valence electrons. The molecule has 0 bridgehead atoms. The minimum Gasteiger partial charge on any atom is -0.396 e. The van der Waals surface area contributed by atoms with E-state index in [1.807, 2.05) is 0 Å². The fourth-order valence-electron chi connectivity index (χ4n) is 1.47. The molecule has 0 radical (unpaired) electrons. The first-order chi connectivity index (χ1) is 10.1. The van der Waals surface area contributed by atoms with Crippen LogP contribution < -0.4 is 11.1 Å². The molecule has 1 aromatic rings. The van der Waals surface area contributed by atoms with Crippen LogP contribution in [0.4, 0.5) is 15.8 Å². The zero-order valence-corrected chi connectivity index (χ0v) is 12.1. The number of carbonyl (C=O) groups is 1. The highest BCUT2D eigenvalue weighted by atomic mass is 19.1. The normalized spacial score (nSPS) is 10.6. The first kappa shape index (κ1) is 17.4. The molecule has 0 aliphatic heterocycles. The molecule has 0 unspecified atom stereocenters. The summed E-state index contributed by atoms with van der Waals surface area (Å²) >= 11 is 0. The van der Waals surface area contributed by atoms with Gasteiger partial charge in [0, 0.05) is 12.8 Å². The number of amides is 1. The number of hydrogen-bond acceptors (Lipinski definition) is 5. The first-order valence-corrected chi connectivity index (χ1v) is 6.62. The molecule has 1 amide bonds. The molecule has 0 atom stereocenters. The van der Waals surface area contributed by atoms with Crippen molar-refractivity contribution in [1.29, 1.82) is 0 Å². The van der Waals surface area contributed by atoms with E-state index in [9.17, 15) is 9.18 Å². The largest absolute Gasteiger partial charge is 0.396 e. The number of rotatable bonds is 10. The average molecular weight is 300 g/mol. The lowest BCUT2D eigenvalue weighted by Gasteiger charge is -2.07. The summed E-state index contributed by atoms with van der Waals surface area (Å²) in [5, 5.41) is 2.62. The maximum Gasteiger partial charge on any atom is 0.226 e. The summed E-state index contributed by atoms with van der Waals surface area (Å²) in [4.78, 5) is 11.6. The number of nitrogens with one attached hydrogen (secondary N) is 1.